The molecule has 0 spiro atoms. The van der Waals surface area contributed by atoms with Gasteiger partial charge in [-0.1, -0.05) is 0 Å². The first kappa shape index (κ1) is 13.6. The third kappa shape index (κ3) is 6.09. The average Bonchev–Trinajstić information content (AvgIpc) is 1.85. The van der Waals surface area contributed by atoms with Gasteiger partial charge in [0.25, 0.3) is 0 Å². The SMILES string of the molecule is O=S(=O)([O-])NC1CSCSC1.[Na+]. The Hall–Kier alpha value is 1.57. The van der Waals surface area contributed by atoms with Crippen LogP contribution in [0.4, 0.5) is 0 Å². The van der Waals surface area contributed by atoms with Gasteiger partial charge in [-0.05, 0) is 0 Å². The summed E-state index contributed by atoms with van der Waals surface area (Å²) in [5, 5.41) is 0.983. The third-order valence-corrected chi connectivity index (χ3v) is 4.35. The molecule has 0 bridgehead atoms. The van der Waals surface area contributed by atoms with E-state index in [0.29, 0.717) is 11.5 Å². The molecule has 4 nitrogen and oxygen atoms in total. The number of hydrogen-bond donors (Lipinski definition) is 1. The van der Waals surface area contributed by atoms with Crippen LogP contribution in [0.25, 0.3) is 0 Å². The van der Waals surface area contributed by atoms with E-state index in [0.717, 1.165) is 5.08 Å². The number of nitrogens with one attached hydrogen (secondary N) is 1. The summed E-state index contributed by atoms with van der Waals surface area (Å²) in [6, 6.07) is -0.179. The number of hydrogen-bond acceptors (Lipinski definition) is 5. The first-order chi connectivity index (χ1) is 5.08. The van der Waals surface area contributed by atoms with Gasteiger partial charge in [0.15, 0.2) is 10.3 Å². The second kappa shape index (κ2) is 6.13. The number of thioether (sulfide) groups is 2. The fraction of sp³-hybridized carbons (Fsp3) is 1.00. The molecule has 1 saturated heterocycles. The normalized spacial score (nSPS) is 20.1. The Balaban J connectivity index is 0.00000121. The molecule has 1 rings (SSSR count). The summed E-state index contributed by atoms with van der Waals surface area (Å²) in [7, 11) is -4.25. The van der Waals surface area contributed by atoms with Crippen LogP contribution in [0, 0.1) is 0 Å². The summed E-state index contributed by atoms with van der Waals surface area (Å²) in [6.07, 6.45) is 0. The maximum absolute atomic E-state index is 10.2. The Morgan fingerprint density at radius 3 is 2.25 bits per heavy atom. The Bertz CT molecular complexity index is 214. The van der Waals surface area contributed by atoms with Gasteiger partial charge in [0.1, 0.15) is 0 Å². The van der Waals surface area contributed by atoms with Crippen molar-refractivity contribution in [3.05, 3.63) is 0 Å². The van der Waals surface area contributed by atoms with Crippen molar-refractivity contribution in [2.45, 2.75) is 6.04 Å². The predicted molar refractivity (Wildman–Crippen MR) is 46.4 cm³/mol. The van der Waals surface area contributed by atoms with Crippen molar-refractivity contribution in [3.63, 3.8) is 0 Å². The summed E-state index contributed by atoms with van der Waals surface area (Å²) in [4.78, 5) is 0. The van der Waals surface area contributed by atoms with E-state index in [1.807, 2.05) is 4.72 Å². The van der Waals surface area contributed by atoms with E-state index in [2.05, 4.69) is 0 Å². The van der Waals surface area contributed by atoms with E-state index in [-0.39, 0.29) is 35.6 Å². The van der Waals surface area contributed by atoms with Crippen LogP contribution in [0.3, 0.4) is 0 Å². The van der Waals surface area contributed by atoms with E-state index in [1.165, 1.54) is 0 Å². The van der Waals surface area contributed by atoms with Gasteiger partial charge in [-0.25, -0.2) is 13.1 Å². The third-order valence-electron chi connectivity index (χ3n) is 1.12. The molecule has 66 valence electrons. The van der Waals surface area contributed by atoms with E-state index in [4.69, 9.17) is 0 Å². The van der Waals surface area contributed by atoms with Crippen LogP contribution in [0.5, 0.6) is 0 Å². The second-order valence-corrected chi connectivity index (χ2v) is 5.70. The molecule has 1 aliphatic rings. The van der Waals surface area contributed by atoms with Crippen molar-refractivity contribution in [2.75, 3.05) is 16.6 Å². The van der Waals surface area contributed by atoms with Crippen LogP contribution in [-0.4, -0.2) is 35.6 Å². The van der Waals surface area contributed by atoms with Crippen LogP contribution in [0.2, 0.25) is 0 Å². The molecular formula is C4H8NNaO3S3. The Kier molecular flexibility index (Phi) is 6.93. The summed E-state index contributed by atoms with van der Waals surface area (Å²) in [6.45, 7) is 0. The van der Waals surface area contributed by atoms with Crippen molar-refractivity contribution >= 4 is 33.8 Å². The van der Waals surface area contributed by atoms with E-state index >= 15 is 0 Å². The van der Waals surface area contributed by atoms with Gasteiger partial charge in [0.05, 0.1) is 0 Å². The van der Waals surface area contributed by atoms with Crippen molar-refractivity contribution in [2.24, 2.45) is 0 Å². The second-order valence-electron chi connectivity index (χ2n) is 2.13. The van der Waals surface area contributed by atoms with Gasteiger partial charge >= 0.3 is 29.6 Å². The molecule has 0 atom stereocenters. The van der Waals surface area contributed by atoms with Crippen LogP contribution >= 0.6 is 23.5 Å². The average molecular weight is 237 g/mol. The van der Waals surface area contributed by atoms with Gasteiger partial charge in [-0.15, -0.1) is 23.5 Å². The smallest absolute Gasteiger partial charge is 0.735 e. The zero-order chi connectivity index (χ0) is 8.32. The molecule has 1 aliphatic heterocycles. The van der Waals surface area contributed by atoms with Gasteiger partial charge in [-0.3, -0.25) is 0 Å². The van der Waals surface area contributed by atoms with Gasteiger partial charge in [0, 0.05) is 22.6 Å². The van der Waals surface area contributed by atoms with Crippen molar-refractivity contribution in [3.8, 4) is 0 Å². The first-order valence-corrected chi connectivity index (χ1v) is 6.68. The largest absolute Gasteiger partial charge is 1.00 e. The maximum Gasteiger partial charge on any atom is 1.00 e. The molecule has 0 aromatic heterocycles. The topological polar surface area (TPSA) is 69.2 Å². The maximum atomic E-state index is 10.2. The molecule has 1 N–H and O–H groups in total. The summed E-state index contributed by atoms with van der Waals surface area (Å²) in [5.74, 6) is 1.41. The molecule has 0 amide bonds. The van der Waals surface area contributed by atoms with E-state index in [1.54, 1.807) is 23.5 Å². The Morgan fingerprint density at radius 1 is 1.33 bits per heavy atom. The minimum Gasteiger partial charge on any atom is -0.735 e. The molecule has 1 fully saturated rings. The van der Waals surface area contributed by atoms with E-state index < -0.39 is 10.3 Å². The van der Waals surface area contributed by atoms with Crippen molar-refractivity contribution in [1.29, 1.82) is 0 Å². The summed E-state index contributed by atoms with van der Waals surface area (Å²) in [5.41, 5.74) is 0. The van der Waals surface area contributed by atoms with Crippen LogP contribution < -0.4 is 34.3 Å². The molecule has 0 aliphatic carbocycles. The quantitative estimate of drug-likeness (QED) is 0.406. The number of rotatable bonds is 2. The van der Waals surface area contributed by atoms with E-state index in [9.17, 15) is 13.0 Å². The minimum absolute atomic E-state index is 0. The van der Waals surface area contributed by atoms with Crippen LogP contribution in [-0.2, 0) is 10.3 Å². The van der Waals surface area contributed by atoms with Crippen LogP contribution in [0.1, 0.15) is 0 Å². The molecule has 0 saturated carbocycles. The zero-order valence-corrected chi connectivity index (χ0v) is 11.1. The fourth-order valence-electron chi connectivity index (χ4n) is 0.760. The monoisotopic (exact) mass is 237 g/mol. The molecule has 0 unspecified atom stereocenters. The van der Waals surface area contributed by atoms with Gasteiger partial charge < -0.3 is 4.55 Å². The summed E-state index contributed by atoms with van der Waals surface area (Å²) >= 11 is 3.28. The zero-order valence-electron chi connectivity index (χ0n) is 6.65. The molecule has 0 radical (unpaired) electrons. The molecular weight excluding hydrogens is 229 g/mol. The van der Waals surface area contributed by atoms with Gasteiger partial charge in [-0.2, -0.15) is 0 Å². The standard InChI is InChI=1S/C4H9NO3S3.Na/c6-11(7,8)5-4-1-9-3-10-2-4;/h4-5H,1-3H2,(H,6,7,8);/q;+1/p-1. The fourth-order valence-corrected chi connectivity index (χ4v) is 3.91. The molecule has 0 aromatic carbocycles. The van der Waals surface area contributed by atoms with Gasteiger partial charge in [0.2, 0.25) is 0 Å². The Labute approximate surface area is 103 Å². The molecule has 12 heavy (non-hydrogen) atoms. The van der Waals surface area contributed by atoms with Crippen molar-refractivity contribution in [1.82, 2.24) is 4.72 Å². The minimum atomic E-state index is -4.25. The first-order valence-electron chi connectivity index (χ1n) is 2.96. The molecule has 8 heteroatoms. The summed E-state index contributed by atoms with van der Waals surface area (Å²) < 4.78 is 32.7. The predicted octanol–water partition coefficient (Wildman–Crippen LogP) is -3.15. The molecule has 0 aromatic rings. The van der Waals surface area contributed by atoms with Crippen molar-refractivity contribution < 1.29 is 42.5 Å². The van der Waals surface area contributed by atoms with Crippen LogP contribution in [0.15, 0.2) is 0 Å². The molecule has 1 heterocycles. The Morgan fingerprint density at radius 2 is 1.83 bits per heavy atom.